The first-order chi connectivity index (χ1) is 25.2. The summed E-state index contributed by atoms with van der Waals surface area (Å²) in [6, 6.07) is 52.1. The highest BCUT2D eigenvalue weighted by Gasteiger charge is 2.18. The Morgan fingerprint density at radius 1 is 0.392 bits per heavy atom. The van der Waals surface area contributed by atoms with Gasteiger partial charge in [0.25, 0.3) is 0 Å². The van der Waals surface area contributed by atoms with Crippen LogP contribution in [0.2, 0.25) is 0 Å². The molecule has 5 heterocycles. The van der Waals surface area contributed by atoms with E-state index in [0.717, 1.165) is 78.0 Å². The van der Waals surface area contributed by atoms with Gasteiger partial charge in [-0.3, -0.25) is 14.4 Å². The summed E-state index contributed by atoms with van der Waals surface area (Å²) in [6.07, 6.45) is 5.85. The van der Waals surface area contributed by atoms with Crippen molar-refractivity contribution in [2.45, 2.75) is 0 Å². The van der Waals surface area contributed by atoms with Gasteiger partial charge in [-0.25, -0.2) is 15.0 Å². The highest BCUT2D eigenvalue weighted by Crippen LogP contribution is 2.36. The molecule has 0 atom stereocenters. The summed E-state index contributed by atoms with van der Waals surface area (Å²) in [5.74, 6) is 0.628. The lowest BCUT2D eigenvalue weighted by Gasteiger charge is -2.11. The van der Waals surface area contributed by atoms with E-state index in [9.17, 15) is 0 Å². The van der Waals surface area contributed by atoms with E-state index in [1.54, 1.807) is 0 Å². The van der Waals surface area contributed by atoms with Gasteiger partial charge in [-0.1, -0.05) is 103 Å². The van der Waals surface area contributed by atoms with Crippen molar-refractivity contribution in [1.29, 1.82) is 0 Å². The second-order valence-corrected chi connectivity index (χ2v) is 12.7. The van der Waals surface area contributed by atoms with Crippen LogP contribution in [-0.2, 0) is 0 Å². The lowest BCUT2D eigenvalue weighted by atomic mass is 10.0. The van der Waals surface area contributed by atoms with E-state index in [4.69, 9.17) is 24.9 Å². The van der Waals surface area contributed by atoms with Crippen LogP contribution in [0.4, 0.5) is 0 Å². The summed E-state index contributed by atoms with van der Waals surface area (Å²) in [6.45, 7) is 0. The van der Waals surface area contributed by atoms with Crippen LogP contribution in [0.25, 0.3) is 94.6 Å². The first kappa shape index (κ1) is 28.9. The van der Waals surface area contributed by atoms with Gasteiger partial charge in [0.15, 0.2) is 5.82 Å². The molecule has 0 fully saturated rings. The number of hydrogen-bond donors (Lipinski definition) is 0. The van der Waals surface area contributed by atoms with Crippen molar-refractivity contribution in [3.8, 4) is 56.4 Å². The Balaban J connectivity index is 1.11. The van der Waals surface area contributed by atoms with Gasteiger partial charge >= 0.3 is 0 Å². The Morgan fingerprint density at radius 3 is 1.63 bits per heavy atom. The smallest absolute Gasteiger partial charge is 0.160 e. The molecule has 0 radical (unpaired) electrons. The van der Waals surface area contributed by atoms with Gasteiger partial charge in [0.2, 0.25) is 0 Å². The van der Waals surface area contributed by atoms with Gasteiger partial charge in [-0.15, -0.1) is 0 Å². The van der Waals surface area contributed by atoms with E-state index in [2.05, 4.69) is 102 Å². The number of hydrogen-bond acceptors (Lipinski definition) is 5. The van der Waals surface area contributed by atoms with E-state index in [1.807, 2.05) is 73.1 Å². The lowest BCUT2D eigenvalue weighted by Crippen LogP contribution is -1.97. The van der Waals surface area contributed by atoms with Crippen LogP contribution >= 0.6 is 0 Å². The molecule has 0 unspecified atom stereocenters. The van der Waals surface area contributed by atoms with Crippen molar-refractivity contribution in [2.75, 3.05) is 0 Å². The largest absolute Gasteiger partial charge is 0.299 e. The highest BCUT2D eigenvalue weighted by atomic mass is 15.0. The number of pyridine rings is 3. The van der Waals surface area contributed by atoms with Gasteiger partial charge in [0.05, 0.1) is 33.8 Å². The lowest BCUT2D eigenvalue weighted by molar-refractivity contribution is 1.17. The van der Waals surface area contributed by atoms with Crippen LogP contribution in [0, 0.1) is 0 Å². The molecule has 0 spiro atoms. The van der Waals surface area contributed by atoms with Crippen LogP contribution in [0.3, 0.4) is 0 Å². The molecule has 0 amide bonds. The number of fused-ring (bicyclic) bond motifs is 4. The van der Waals surface area contributed by atoms with Gasteiger partial charge in [0.1, 0.15) is 5.65 Å². The first-order valence-corrected chi connectivity index (χ1v) is 16.9. The third-order valence-electron chi connectivity index (χ3n) is 9.47. The first-order valence-electron chi connectivity index (χ1n) is 16.9. The number of imidazole rings is 1. The third kappa shape index (κ3) is 5.18. The molecule has 0 aliphatic carbocycles. The highest BCUT2D eigenvalue weighted by molar-refractivity contribution is 5.91. The van der Waals surface area contributed by atoms with E-state index >= 15 is 0 Å². The van der Waals surface area contributed by atoms with Gasteiger partial charge in [-0.2, -0.15) is 0 Å². The van der Waals surface area contributed by atoms with Crippen LogP contribution < -0.4 is 0 Å². The molecular formula is C45H28N6. The summed E-state index contributed by atoms with van der Waals surface area (Å²) >= 11 is 0. The molecule has 0 saturated carbocycles. The van der Waals surface area contributed by atoms with Crippen LogP contribution in [0.5, 0.6) is 0 Å². The zero-order valence-electron chi connectivity index (χ0n) is 27.3. The molecule has 0 aliphatic heterocycles. The van der Waals surface area contributed by atoms with Crippen molar-refractivity contribution in [3.63, 3.8) is 0 Å². The quantitative estimate of drug-likeness (QED) is 0.185. The summed E-state index contributed by atoms with van der Waals surface area (Å²) in [7, 11) is 0. The molecule has 10 rings (SSSR count). The molecule has 0 bridgehead atoms. The molecule has 6 nitrogen and oxygen atoms in total. The fourth-order valence-corrected chi connectivity index (χ4v) is 6.88. The van der Waals surface area contributed by atoms with Gasteiger partial charge in [0, 0.05) is 57.2 Å². The molecule has 10 aromatic rings. The molecule has 6 heteroatoms. The predicted octanol–water partition coefficient (Wildman–Crippen LogP) is 10.7. The molecule has 0 aliphatic rings. The fraction of sp³-hybridized carbons (Fsp3) is 0. The zero-order valence-corrected chi connectivity index (χ0v) is 27.3. The molecule has 238 valence electrons. The Labute approximate surface area is 293 Å². The minimum atomic E-state index is 0.628. The van der Waals surface area contributed by atoms with E-state index in [-0.39, 0.29) is 0 Å². The van der Waals surface area contributed by atoms with Crippen LogP contribution in [0.15, 0.2) is 170 Å². The second-order valence-electron chi connectivity index (χ2n) is 12.7. The maximum atomic E-state index is 5.12. The zero-order chi connectivity index (χ0) is 33.7. The van der Waals surface area contributed by atoms with Crippen LogP contribution in [0.1, 0.15) is 0 Å². The Bertz CT molecular complexity index is 2830. The predicted molar refractivity (Wildman–Crippen MR) is 206 cm³/mol. The number of rotatable bonds is 5. The molecule has 51 heavy (non-hydrogen) atoms. The number of para-hydroxylation sites is 2. The molecular weight excluding hydrogens is 625 g/mol. The van der Waals surface area contributed by atoms with Crippen molar-refractivity contribution in [1.82, 2.24) is 29.3 Å². The van der Waals surface area contributed by atoms with E-state index in [1.165, 1.54) is 10.8 Å². The average Bonchev–Trinajstić information content (AvgIpc) is 3.60. The molecule has 5 aromatic carbocycles. The standard InChI is InChI=1S/C45H28N6/c1-2-10-32-23-35(21-16-29(32)9-1)43-44(51-22-8-7-15-42(51)50-43)30-17-19-31(20-18-30)45-48-40(36-24-33-11-3-5-13-38(33)46-27-36)26-41(49-45)37-25-34-12-4-6-14-39(34)47-28-37/h1-28H. The Kier molecular flexibility index (Phi) is 6.70. The maximum Gasteiger partial charge on any atom is 0.160 e. The topological polar surface area (TPSA) is 68.9 Å². The second kappa shape index (κ2) is 11.8. The van der Waals surface area contributed by atoms with Gasteiger partial charge in [-0.05, 0) is 59.3 Å². The van der Waals surface area contributed by atoms with Crippen molar-refractivity contribution >= 4 is 38.2 Å². The van der Waals surface area contributed by atoms with Crippen LogP contribution in [-0.4, -0.2) is 29.3 Å². The van der Waals surface area contributed by atoms with E-state index in [0.29, 0.717) is 5.82 Å². The maximum absolute atomic E-state index is 5.12. The molecule has 0 N–H and O–H groups in total. The third-order valence-corrected chi connectivity index (χ3v) is 9.47. The van der Waals surface area contributed by atoms with Crippen molar-refractivity contribution in [2.24, 2.45) is 0 Å². The molecule has 0 saturated heterocycles. The molecule has 5 aromatic heterocycles. The minimum Gasteiger partial charge on any atom is -0.299 e. The number of nitrogens with zero attached hydrogens (tertiary/aromatic N) is 6. The normalized spacial score (nSPS) is 11.5. The van der Waals surface area contributed by atoms with Crippen molar-refractivity contribution < 1.29 is 0 Å². The fourth-order valence-electron chi connectivity index (χ4n) is 6.88. The Morgan fingerprint density at radius 2 is 0.941 bits per heavy atom. The monoisotopic (exact) mass is 652 g/mol. The number of aromatic nitrogens is 6. The summed E-state index contributed by atoms with van der Waals surface area (Å²) in [4.78, 5) is 24.8. The summed E-state index contributed by atoms with van der Waals surface area (Å²) in [5, 5.41) is 4.51. The Hall–Kier alpha value is -7.05. The summed E-state index contributed by atoms with van der Waals surface area (Å²) < 4.78 is 2.16. The minimum absolute atomic E-state index is 0.628. The van der Waals surface area contributed by atoms with E-state index < -0.39 is 0 Å². The van der Waals surface area contributed by atoms with Gasteiger partial charge < -0.3 is 0 Å². The SMILES string of the molecule is c1ccc2cc(-c3nc4ccccn4c3-c3ccc(-c4nc(-c5cnc6ccccc6c5)cc(-c5cnc6ccccc6c5)n4)cc3)ccc2c1. The summed E-state index contributed by atoms with van der Waals surface area (Å²) in [5.41, 5.74) is 11.2. The van der Waals surface area contributed by atoms with Crippen molar-refractivity contribution in [3.05, 3.63) is 170 Å². The average molecular weight is 653 g/mol. The number of benzene rings is 5.